The highest BCUT2D eigenvalue weighted by atomic mass is 79.9. The summed E-state index contributed by atoms with van der Waals surface area (Å²) in [4.78, 5) is 6.37. The third-order valence-electron chi connectivity index (χ3n) is 3.60. The first-order valence-corrected chi connectivity index (χ1v) is 8.94. The van der Waals surface area contributed by atoms with Crippen LogP contribution in [-0.4, -0.2) is 53.7 Å². The quantitative estimate of drug-likeness (QED) is 0.629. The molecule has 0 aromatic heterocycles. The van der Waals surface area contributed by atoms with E-state index in [1.54, 1.807) is 18.8 Å². The van der Waals surface area contributed by atoms with Gasteiger partial charge in [0.1, 0.15) is 0 Å². The van der Waals surface area contributed by atoms with Crippen molar-refractivity contribution in [3.05, 3.63) is 34.3 Å². The van der Waals surface area contributed by atoms with Crippen LogP contribution in [0.4, 0.5) is 0 Å². The molecule has 2 rings (SSSR count). The molecule has 1 heterocycles. The Morgan fingerprint density at radius 1 is 1.52 bits per heavy atom. The second-order valence-corrected chi connectivity index (χ2v) is 7.33. The Hall–Kier alpha value is -0.720. The van der Waals surface area contributed by atoms with Gasteiger partial charge in [-0.2, -0.15) is 11.8 Å². The van der Waals surface area contributed by atoms with Gasteiger partial charge in [0.05, 0.1) is 5.60 Å². The monoisotopic (exact) mass is 371 g/mol. The van der Waals surface area contributed by atoms with Crippen molar-refractivity contribution in [1.82, 2.24) is 10.2 Å². The largest absolute Gasteiger partial charge is 0.387 e. The lowest BCUT2D eigenvalue weighted by atomic mass is 10.0. The van der Waals surface area contributed by atoms with E-state index in [-0.39, 0.29) is 0 Å². The van der Waals surface area contributed by atoms with Gasteiger partial charge in [-0.3, -0.25) is 4.99 Å². The topological polar surface area (TPSA) is 47.9 Å². The molecular weight excluding hydrogens is 350 g/mol. The van der Waals surface area contributed by atoms with Gasteiger partial charge in [-0.05, 0) is 23.8 Å². The van der Waals surface area contributed by atoms with Gasteiger partial charge < -0.3 is 15.3 Å². The minimum atomic E-state index is -0.602. The number of rotatable bonds is 4. The SMILES string of the molecule is CN=C(NCC1(O)CCSC1)N(C)Cc1ccccc1Br. The number of nitrogens with one attached hydrogen (secondary N) is 1. The number of halogens is 1. The maximum Gasteiger partial charge on any atom is 0.193 e. The summed E-state index contributed by atoms with van der Waals surface area (Å²) in [5.74, 6) is 2.63. The van der Waals surface area contributed by atoms with Crippen LogP contribution < -0.4 is 5.32 Å². The number of hydrogen-bond acceptors (Lipinski definition) is 3. The fourth-order valence-electron chi connectivity index (χ4n) is 2.32. The molecule has 1 saturated heterocycles. The van der Waals surface area contributed by atoms with Crippen LogP contribution in [0.3, 0.4) is 0 Å². The zero-order chi connectivity index (χ0) is 15.3. The van der Waals surface area contributed by atoms with Crippen LogP contribution in [0.2, 0.25) is 0 Å². The molecule has 0 amide bonds. The highest BCUT2D eigenvalue weighted by Gasteiger charge is 2.31. The molecular formula is C15H22BrN3OS. The minimum Gasteiger partial charge on any atom is -0.387 e. The lowest BCUT2D eigenvalue weighted by Gasteiger charge is -2.27. The van der Waals surface area contributed by atoms with Gasteiger partial charge in [-0.25, -0.2) is 0 Å². The van der Waals surface area contributed by atoms with Crippen molar-refractivity contribution in [1.29, 1.82) is 0 Å². The fraction of sp³-hybridized carbons (Fsp3) is 0.533. The third kappa shape index (κ3) is 4.63. The summed E-state index contributed by atoms with van der Waals surface area (Å²) in [5, 5.41) is 13.7. The van der Waals surface area contributed by atoms with Crippen LogP contribution in [0, 0.1) is 0 Å². The van der Waals surface area contributed by atoms with E-state index in [1.165, 1.54) is 5.56 Å². The molecule has 0 saturated carbocycles. The number of benzene rings is 1. The van der Waals surface area contributed by atoms with Crippen LogP contribution in [0.15, 0.2) is 33.7 Å². The van der Waals surface area contributed by atoms with Crippen molar-refractivity contribution < 1.29 is 5.11 Å². The van der Waals surface area contributed by atoms with Crippen molar-refractivity contribution in [2.75, 3.05) is 32.1 Å². The summed E-state index contributed by atoms with van der Waals surface area (Å²) in [5.41, 5.74) is 0.604. The van der Waals surface area contributed by atoms with Crippen LogP contribution in [0.25, 0.3) is 0 Å². The van der Waals surface area contributed by atoms with Gasteiger partial charge in [0, 0.05) is 37.4 Å². The maximum atomic E-state index is 10.4. The van der Waals surface area contributed by atoms with Gasteiger partial charge in [-0.1, -0.05) is 34.1 Å². The maximum absolute atomic E-state index is 10.4. The number of nitrogens with zero attached hydrogens (tertiary/aromatic N) is 2. The molecule has 0 radical (unpaired) electrons. The van der Waals surface area contributed by atoms with Crippen LogP contribution in [-0.2, 0) is 6.54 Å². The van der Waals surface area contributed by atoms with E-state index < -0.39 is 5.60 Å². The van der Waals surface area contributed by atoms with Crippen LogP contribution in [0.1, 0.15) is 12.0 Å². The molecule has 116 valence electrons. The molecule has 1 fully saturated rings. The second-order valence-electron chi connectivity index (χ2n) is 5.38. The lowest BCUT2D eigenvalue weighted by molar-refractivity contribution is 0.0718. The Bertz CT molecular complexity index is 503. The van der Waals surface area contributed by atoms with Crippen molar-refractivity contribution in [3.63, 3.8) is 0 Å². The standard InChI is InChI=1S/C15H22BrN3OS/c1-17-14(18-10-15(20)7-8-21-11-15)19(2)9-12-5-3-4-6-13(12)16/h3-6,20H,7-11H2,1-2H3,(H,17,18). The zero-order valence-electron chi connectivity index (χ0n) is 12.5. The Kier molecular flexibility index (Phi) is 5.96. The van der Waals surface area contributed by atoms with Gasteiger partial charge in [0.15, 0.2) is 5.96 Å². The number of guanidine groups is 1. The van der Waals surface area contributed by atoms with E-state index in [0.717, 1.165) is 34.9 Å². The summed E-state index contributed by atoms with van der Waals surface area (Å²) in [6, 6.07) is 8.17. The predicted molar refractivity (Wildman–Crippen MR) is 93.9 cm³/mol. The molecule has 1 aliphatic rings. The first-order chi connectivity index (χ1) is 10.0. The molecule has 21 heavy (non-hydrogen) atoms. The summed E-state index contributed by atoms with van der Waals surface area (Å²) >= 11 is 5.37. The normalized spacial score (nSPS) is 22.4. The Balaban J connectivity index is 1.93. The number of aliphatic imine (C=N–C) groups is 1. The molecule has 0 aliphatic carbocycles. The smallest absolute Gasteiger partial charge is 0.193 e. The Morgan fingerprint density at radius 3 is 2.90 bits per heavy atom. The van der Waals surface area contributed by atoms with Crippen LogP contribution in [0.5, 0.6) is 0 Å². The van der Waals surface area contributed by atoms with E-state index in [1.807, 2.05) is 25.2 Å². The zero-order valence-corrected chi connectivity index (χ0v) is 14.9. The summed E-state index contributed by atoms with van der Waals surface area (Å²) in [7, 11) is 3.77. The summed E-state index contributed by atoms with van der Waals surface area (Å²) in [6.07, 6.45) is 0.843. The number of aliphatic hydroxyl groups is 1. The molecule has 2 N–H and O–H groups in total. The van der Waals surface area contributed by atoms with Gasteiger partial charge in [0.25, 0.3) is 0 Å². The van der Waals surface area contributed by atoms with E-state index in [2.05, 4.69) is 37.2 Å². The highest BCUT2D eigenvalue weighted by molar-refractivity contribution is 9.10. The van der Waals surface area contributed by atoms with Crippen LogP contribution >= 0.6 is 27.7 Å². The van der Waals surface area contributed by atoms with Gasteiger partial charge in [0.2, 0.25) is 0 Å². The third-order valence-corrected chi connectivity index (χ3v) is 5.60. The number of hydrogen-bond donors (Lipinski definition) is 2. The summed E-state index contributed by atoms with van der Waals surface area (Å²) in [6.45, 7) is 1.31. The van der Waals surface area contributed by atoms with Crippen molar-refractivity contribution in [3.8, 4) is 0 Å². The second kappa shape index (κ2) is 7.51. The van der Waals surface area contributed by atoms with Gasteiger partial charge in [-0.15, -0.1) is 0 Å². The Morgan fingerprint density at radius 2 is 2.29 bits per heavy atom. The van der Waals surface area contributed by atoms with E-state index >= 15 is 0 Å². The van der Waals surface area contributed by atoms with E-state index in [0.29, 0.717) is 6.54 Å². The molecule has 1 aliphatic heterocycles. The Labute approximate surface area is 139 Å². The molecule has 1 unspecified atom stereocenters. The molecule has 0 bridgehead atoms. The molecule has 1 atom stereocenters. The van der Waals surface area contributed by atoms with Crippen molar-refractivity contribution in [2.24, 2.45) is 4.99 Å². The molecule has 1 aromatic carbocycles. The number of thioether (sulfide) groups is 1. The molecule has 1 aromatic rings. The van der Waals surface area contributed by atoms with Gasteiger partial charge >= 0.3 is 0 Å². The molecule has 0 spiro atoms. The average molecular weight is 372 g/mol. The first-order valence-electron chi connectivity index (χ1n) is 6.99. The first kappa shape index (κ1) is 16.6. The fourth-order valence-corrected chi connectivity index (χ4v) is 4.03. The van der Waals surface area contributed by atoms with Crippen molar-refractivity contribution >= 4 is 33.7 Å². The highest BCUT2D eigenvalue weighted by Crippen LogP contribution is 2.27. The predicted octanol–water partition coefficient (Wildman–Crippen LogP) is 2.32. The molecule has 4 nitrogen and oxygen atoms in total. The lowest BCUT2D eigenvalue weighted by Crippen LogP contribution is -2.47. The molecule has 6 heteroatoms. The minimum absolute atomic E-state index is 0.549. The average Bonchev–Trinajstić information content (AvgIpc) is 2.89. The van der Waals surface area contributed by atoms with E-state index in [4.69, 9.17) is 0 Å². The van der Waals surface area contributed by atoms with Crippen molar-refractivity contribution in [2.45, 2.75) is 18.6 Å². The summed E-state index contributed by atoms with van der Waals surface area (Å²) < 4.78 is 1.10. The van der Waals surface area contributed by atoms with E-state index in [9.17, 15) is 5.11 Å².